The lowest BCUT2D eigenvalue weighted by atomic mass is 9.89. The quantitative estimate of drug-likeness (QED) is 0.746. The molecular formula is C22H30N2O3. The van der Waals surface area contributed by atoms with Crippen LogP contribution in [0.1, 0.15) is 36.6 Å². The predicted molar refractivity (Wildman–Crippen MR) is 108 cm³/mol. The molecule has 0 aliphatic carbocycles. The molecule has 146 valence electrons. The van der Waals surface area contributed by atoms with Crippen molar-refractivity contribution in [3.05, 3.63) is 53.1 Å². The van der Waals surface area contributed by atoms with E-state index in [1.54, 1.807) is 13.2 Å². The molecule has 5 nitrogen and oxygen atoms in total. The number of nitrogens with one attached hydrogen (secondary N) is 1. The molecule has 1 atom stereocenters. The van der Waals surface area contributed by atoms with Crippen LogP contribution in [0.2, 0.25) is 0 Å². The molecule has 3 rings (SSSR count). The Bertz CT molecular complexity index is 759. The zero-order valence-electron chi connectivity index (χ0n) is 16.5. The fraction of sp³-hybridized carbons (Fsp3) is 0.455. The average Bonchev–Trinajstić information content (AvgIpc) is 2.70. The highest BCUT2D eigenvalue weighted by atomic mass is 16.5. The molecular weight excluding hydrogens is 340 g/mol. The number of hydrogen-bond acceptors (Lipinski definition) is 5. The zero-order chi connectivity index (χ0) is 19.2. The van der Waals surface area contributed by atoms with E-state index in [2.05, 4.69) is 30.1 Å². The van der Waals surface area contributed by atoms with Crippen molar-refractivity contribution in [2.75, 3.05) is 39.9 Å². The number of benzene rings is 2. The summed E-state index contributed by atoms with van der Waals surface area (Å²) in [6, 6.07) is 11.8. The summed E-state index contributed by atoms with van der Waals surface area (Å²) in [7, 11) is 1.68. The second-order valence-corrected chi connectivity index (χ2v) is 6.81. The SMILES string of the molecule is CCN(CC)CCOc1ccc(C2NCCc3cc(O)ccc32)cc1OC. The lowest BCUT2D eigenvalue weighted by Crippen LogP contribution is -2.30. The topological polar surface area (TPSA) is 54.0 Å². The molecule has 0 bridgehead atoms. The van der Waals surface area contributed by atoms with E-state index in [4.69, 9.17) is 9.47 Å². The van der Waals surface area contributed by atoms with Gasteiger partial charge in [-0.05, 0) is 60.5 Å². The van der Waals surface area contributed by atoms with E-state index >= 15 is 0 Å². The molecule has 1 heterocycles. The van der Waals surface area contributed by atoms with E-state index in [0.29, 0.717) is 12.4 Å². The lowest BCUT2D eigenvalue weighted by molar-refractivity contribution is 0.217. The third kappa shape index (κ3) is 4.54. The first-order valence-corrected chi connectivity index (χ1v) is 9.74. The van der Waals surface area contributed by atoms with Gasteiger partial charge in [0.05, 0.1) is 13.2 Å². The summed E-state index contributed by atoms with van der Waals surface area (Å²) in [6.07, 6.45) is 0.921. The van der Waals surface area contributed by atoms with Crippen molar-refractivity contribution >= 4 is 0 Å². The minimum atomic E-state index is 0.0907. The van der Waals surface area contributed by atoms with E-state index in [0.717, 1.165) is 49.7 Å². The summed E-state index contributed by atoms with van der Waals surface area (Å²) in [5, 5.41) is 13.3. The van der Waals surface area contributed by atoms with Crippen molar-refractivity contribution in [3.63, 3.8) is 0 Å². The fourth-order valence-electron chi connectivity index (χ4n) is 3.66. The Labute approximate surface area is 161 Å². The zero-order valence-corrected chi connectivity index (χ0v) is 16.5. The largest absolute Gasteiger partial charge is 0.508 e. The molecule has 0 radical (unpaired) electrons. The number of rotatable bonds is 8. The van der Waals surface area contributed by atoms with Crippen LogP contribution in [-0.2, 0) is 6.42 Å². The van der Waals surface area contributed by atoms with Crippen LogP contribution in [0.5, 0.6) is 17.2 Å². The van der Waals surface area contributed by atoms with Crippen molar-refractivity contribution in [3.8, 4) is 17.2 Å². The summed E-state index contributed by atoms with van der Waals surface area (Å²) in [5.41, 5.74) is 3.53. The Morgan fingerprint density at radius 2 is 1.93 bits per heavy atom. The summed E-state index contributed by atoms with van der Waals surface area (Å²) >= 11 is 0. The van der Waals surface area contributed by atoms with Crippen LogP contribution in [0.3, 0.4) is 0 Å². The number of phenols is 1. The number of hydrogen-bond donors (Lipinski definition) is 2. The van der Waals surface area contributed by atoms with Crippen LogP contribution < -0.4 is 14.8 Å². The molecule has 2 N–H and O–H groups in total. The third-order valence-corrected chi connectivity index (χ3v) is 5.26. The van der Waals surface area contributed by atoms with Gasteiger partial charge in [-0.2, -0.15) is 0 Å². The highest BCUT2D eigenvalue weighted by Gasteiger charge is 2.22. The molecule has 1 aliphatic heterocycles. The lowest BCUT2D eigenvalue weighted by Gasteiger charge is -2.28. The van der Waals surface area contributed by atoms with Crippen molar-refractivity contribution in [2.45, 2.75) is 26.3 Å². The van der Waals surface area contributed by atoms with Crippen molar-refractivity contribution in [1.29, 1.82) is 0 Å². The standard InChI is InChI=1S/C22H30N2O3/c1-4-24(5-2)12-13-27-20-9-6-17(15-21(20)26-3)22-19-8-7-18(25)14-16(19)10-11-23-22/h6-9,14-15,22-23,25H,4-5,10-13H2,1-3H3. The normalized spacial score (nSPS) is 16.2. The van der Waals surface area contributed by atoms with E-state index in [9.17, 15) is 5.11 Å². The second-order valence-electron chi connectivity index (χ2n) is 6.81. The van der Waals surface area contributed by atoms with E-state index in [-0.39, 0.29) is 6.04 Å². The minimum absolute atomic E-state index is 0.0907. The van der Waals surface area contributed by atoms with Crippen LogP contribution >= 0.6 is 0 Å². The van der Waals surface area contributed by atoms with E-state index in [1.807, 2.05) is 24.3 Å². The monoisotopic (exact) mass is 370 g/mol. The summed E-state index contributed by atoms with van der Waals surface area (Å²) in [5.74, 6) is 1.85. The highest BCUT2D eigenvalue weighted by molar-refractivity contribution is 5.48. The molecule has 1 unspecified atom stereocenters. The minimum Gasteiger partial charge on any atom is -0.508 e. The molecule has 0 saturated carbocycles. The molecule has 2 aromatic carbocycles. The van der Waals surface area contributed by atoms with Crippen molar-refractivity contribution in [1.82, 2.24) is 10.2 Å². The number of fused-ring (bicyclic) bond motifs is 1. The van der Waals surface area contributed by atoms with Crippen LogP contribution in [0.15, 0.2) is 36.4 Å². The Hall–Kier alpha value is -2.24. The van der Waals surface area contributed by atoms with Gasteiger partial charge in [-0.3, -0.25) is 0 Å². The van der Waals surface area contributed by atoms with Crippen molar-refractivity contribution in [2.24, 2.45) is 0 Å². The van der Waals surface area contributed by atoms with E-state index < -0.39 is 0 Å². The maximum absolute atomic E-state index is 9.76. The van der Waals surface area contributed by atoms with Gasteiger partial charge in [0.15, 0.2) is 11.5 Å². The molecule has 0 amide bonds. The average molecular weight is 370 g/mol. The summed E-state index contributed by atoms with van der Waals surface area (Å²) < 4.78 is 11.6. The van der Waals surface area contributed by atoms with Crippen molar-refractivity contribution < 1.29 is 14.6 Å². The van der Waals surface area contributed by atoms with Gasteiger partial charge in [0.1, 0.15) is 12.4 Å². The first-order valence-electron chi connectivity index (χ1n) is 9.74. The second kappa shape index (κ2) is 9.11. The molecule has 27 heavy (non-hydrogen) atoms. The van der Waals surface area contributed by atoms with Crippen LogP contribution in [0, 0.1) is 0 Å². The van der Waals surface area contributed by atoms with Gasteiger partial charge >= 0.3 is 0 Å². The van der Waals surface area contributed by atoms with Gasteiger partial charge in [-0.15, -0.1) is 0 Å². The molecule has 5 heteroatoms. The first-order chi connectivity index (χ1) is 13.2. The highest BCUT2D eigenvalue weighted by Crippen LogP contribution is 2.35. The Morgan fingerprint density at radius 1 is 1.11 bits per heavy atom. The molecule has 0 saturated heterocycles. The first kappa shape index (κ1) is 19.5. The van der Waals surface area contributed by atoms with Gasteiger partial charge in [0, 0.05) is 13.1 Å². The predicted octanol–water partition coefficient (Wildman–Crippen LogP) is 3.36. The van der Waals surface area contributed by atoms with Crippen LogP contribution in [0.25, 0.3) is 0 Å². The maximum Gasteiger partial charge on any atom is 0.161 e. The third-order valence-electron chi connectivity index (χ3n) is 5.26. The van der Waals surface area contributed by atoms with Gasteiger partial charge < -0.3 is 24.8 Å². The molecule has 1 aliphatic rings. The van der Waals surface area contributed by atoms with E-state index in [1.165, 1.54) is 11.1 Å². The molecule has 0 aromatic heterocycles. The number of aromatic hydroxyl groups is 1. The Kier molecular flexibility index (Phi) is 6.58. The molecule has 0 fully saturated rings. The molecule has 2 aromatic rings. The Morgan fingerprint density at radius 3 is 2.67 bits per heavy atom. The number of nitrogens with zero attached hydrogens (tertiary/aromatic N) is 1. The maximum atomic E-state index is 9.76. The van der Waals surface area contributed by atoms with Gasteiger partial charge in [0.2, 0.25) is 0 Å². The smallest absolute Gasteiger partial charge is 0.161 e. The number of phenolic OH excluding ortho intramolecular Hbond substituents is 1. The number of ether oxygens (including phenoxy) is 2. The fourth-order valence-corrected chi connectivity index (χ4v) is 3.66. The van der Waals surface area contributed by atoms with Gasteiger partial charge in [0.25, 0.3) is 0 Å². The Balaban J connectivity index is 1.77. The van der Waals surface area contributed by atoms with Gasteiger partial charge in [-0.25, -0.2) is 0 Å². The number of likely N-dealkylation sites (N-methyl/N-ethyl adjacent to an activating group) is 1. The summed E-state index contributed by atoms with van der Waals surface area (Å²) in [6.45, 7) is 8.80. The van der Waals surface area contributed by atoms with Crippen LogP contribution in [0.4, 0.5) is 0 Å². The summed E-state index contributed by atoms with van der Waals surface area (Å²) in [4.78, 5) is 2.33. The number of methoxy groups -OCH3 is 1. The van der Waals surface area contributed by atoms with Gasteiger partial charge in [-0.1, -0.05) is 26.0 Å². The van der Waals surface area contributed by atoms with Crippen LogP contribution in [-0.4, -0.2) is 49.9 Å². The molecule has 0 spiro atoms.